The van der Waals surface area contributed by atoms with E-state index < -0.39 is 0 Å². The van der Waals surface area contributed by atoms with Gasteiger partial charge in [0.2, 0.25) is 0 Å². The summed E-state index contributed by atoms with van der Waals surface area (Å²) in [5, 5.41) is 6.62. The molecular weight excluding hydrogens is 272 g/mol. The van der Waals surface area contributed by atoms with Crippen molar-refractivity contribution >= 4 is 17.6 Å². The maximum absolute atomic E-state index is 11.7. The summed E-state index contributed by atoms with van der Waals surface area (Å²) in [5.74, 6) is 0.672. The van der Waals surface area contributed by atoms with Crippen LogP contribution in [0.1, 0.15) is 37.7 Å². The van der Waals surface area contributed by atoms with E-state index in [4.69, 9.17) is 11.6 Å². The molecule has 0 bridgehead atoms. The fraction of sp³-hybridized carbons (Fsp3) is 0.562. The summed E-state index contributed by atoms with van der Waals surface area (Å²) in [6.45, 7) is 1.46. The SMILES string of the molecule is O=C(NCCc1ccc(Cl)cc1)NCC1CCCCC1. The highest BCUT2D eigenvalue weighted by Gasteiger charge is 2.13. The zero-order valence-electron chi connectivity index (χ0n) is 11.8. The molecule has 2 N–H and O–H groups in total. The van der Waals surface area contributed by atoms with Crippen molar-refractivity contribution < 1.29 is 4.79 Å². The topological polar surface area (TPSA) is 41.1 Å². The minimum Gasteiger partial charge on any atom is -0.338 e. The Morgan fingerprint density at radius 3 is 2.50 bits per heavy atom. The van der Waals surface area contributed by atoms with Crippen LogP contribution in [0.25, 0.3) is 0 Å². The van der Waals surface area contributed by atoms with E-state index in [9.17, 15) is 4.79 Å². The highest BCUT2D eigenvalue weighted by Crippen LogP contribution is 2.22. The maximum atomic E-state index is 11.7. The van der Waals surface area contributed by atoms with Crippen molar-refractivity contribution in [1.29, 1.82) is 0 Å². The van der Waals surface area contributed by atoms with Crippen LogP contribution in [0.4, 0.5) is 4.79 Å². The number of rotatable bonds is 5. The van der Waals surface area contributed by atoms with Gasteiger partial charge in [-0.25, -0.2) is 4.79 Å². The summed E-state index contributed by atoms with van der Waals surface area (Å²) >= 11 is 5.83. The van der Waals surface area contributed by atoms with Crippen molar-refractivity contribution in [2.45, 2.75) is 38.5 Å². The lowest BCUT2D eigenvalue weighted by Crippen LogP contribution is -2.39. The predicted octanol–water partition coefficient (Wildman–Crippen LogP) is 3.76. The molecule has 1 aromatic carbocycles. The number of halogens is 1. The van der Waals surface area contributed by atoms with Crippen LogP contribution in [-0.4, -0.2) is 19.1 Å². The van der Waals surface area contributed by atoms with E-state index in [0.29, 0.717) is 12.5 Å². The lowest BCUT2D eigenvalue weighted by Gasteiger charge is -2.21. The maximum Gasteiger partial charge on any atom is 0.314 e. The smallest absolute Gasteiger partial charge is 0.314 e. The average molecular weight is 295 g/mol. The zero-order chi connectivity index (χ0) is 14.2. The second kappa shape index (κ2) is 8.15. The molecule has 1 saturated carbocycles. The highest BCUT2D eigenvalue weighted by molar-refractivity contribution is 6.30. The molecule has 110 valence electrons. The van der Waals surface area contributed by atoms with E-state index in [0.717, 1.165) is 18.0 Å². The molecule has 0 spiro atoms. The van der Waals surface area contributed by atoms with E-state index in [2.05, 4.69) is 10.6 Å². The van der Waals surface area contributed by atoms with Gasteiger partial charge in [0.05, 0.1) is 0 Å². The number of carbonyl (C=O) groups is 1. The standard InChI is InChI=1S/C16H23ClN2O/c17-15-8-6-13(7-9-15)10-11-18-16(20)19-12-14-4-2-1-3-5-14/h6-9,14H,1-5,10-12H2,(H2,18,19,20). The average Bonchev–Trinajstić information content (AvgIpc) is 2.48. The second-order valence-electron chi connectivity index (χ2n) is 5.52. The van der Waals surface area contributed by atoms with Crippen LogP contribution in [-0.2, 0) is 6.42 Å². The molecule has 0 radical (unpaired) electrons. The Kier molecular flexibility index (Phi) is 6.19. The molecule has 2 rings (SSSR count). The summed E-state index contributed by atoms with van der Waals surface area (Å²) in [5.41, 5.74) is 1.18. The number of urea groups is 1. The summed E-state index contributed by atoms with van der Waals surface area (Å²) < 4.78 is 0. The Balaban J connectivity index is 1.58. The fourth-order valence-electron chi connectivity index (χ4n) is 2.66. The predicted molar refractivity (Wildman–Crippen MR) is 83.1 cm³/mol. The molecule has 2 amide bonds. The van der Waals surface area contributed by atoms with Crippen LogP contribution in [0.5, 0.6) is 0 Å². The first-order valence-electron chi connectivity index (χ1n) is 7.50. The third kappa shape index (κ3) is 5.41. The Morgan fingerprint density at radius 2 is 1.80 bits per heavy atom. The van der Waals surface area contributed by atoms with E-state index in [1.165, 1.54) is 37.7 Å². The van der Waals surface area contributed by atoms with Gasteiger partial charge in [0.25, 0.3) is 0 Å². The zero-order valence-corrected chi connectivity index (χ0v) is 12.6. The van der Waals surface area contributed by atoms with Crippen LogP contribution in [0.3, 0.4) is 0 Å². The third-order valence-electron chi connectivity index (χ3n) is 3.89. The van der Waals surface area contributed by atoms with Crippen molar-refractivity contribution in [1.82, 2.24) is 10.6 Å². The molecule has 0 unspecified atom stereocenters. The lowest BCUT2D eigenvalue weighted by atomic mass is 9.89. The largest absolute Gasteiger partial charge is 0.338 e. The van der Waals surface area contributed by atoms with Gasteiger partial charge >= 0.3 is 6.03 Å². The number of nitrogens with one attached hydrogen (secondary N) is 2. The Bertz CT molecular complexity index is 413. The molecule has 0 aliphatic heterocycles. The molecule has 0 aromatic heterocycles. The Morgan fingerprint density at radius 1 is 1.10 bits per heavy atom. The quantitative estimate of drug-likeness (QED) is 0.853. The molecule has 1 aliphatic rings. The summed E-state index contributed by atoms with van der Waals surface area (Å²) in [4.78, 5) is 11.7. The van der Waals surface area contributed by atoms with Crippen LogP contribution in [0.15, 0.2) is 24.3 Å². The van der Waals surface area contributed by atoms with Crippen molar-refractivity contribution in [3.05, 3.63) is 34.9 Å². The molecule has 3 nitrogen and oxygen atoms in total. The van der Waals surface area contributed by atoms with Gasteiger partial charge in [-0.15, -0.1) is 0 Å². The highest BCUT2D eigenvalue weighted by atomic mass is 35.5. The molecule has 0 heterocycles. The summed E-state index contributed by atoms with van der Waals surface area (Å²) in [7, 11) is 0. The molecule has 1 fully saturated rings. The minimum atomic E-state index is -0.0514. The van der Waals surface area contributed by atoms with Gasteiger partial charge in [-0.05, 0) is 42.9 Å². The molecule has 0 saturated heterocycles. The van der Waals surface area contributed by atoms with Gasteiger partial charge in [-0.2, -0.15) is 0 Å². The van der Waals surface area contributed by atoms with Crippen molar-refractivity contribution in [3.63, 3.8) is 0 Å². The van der Waals surface area contributed by atoms with Crippen LogP contribution < -0.4 is 10.6 Å². The van der Waals surface area contributed by atoms with Crippen LogP contribution in [0.2, 0.25) is 5.02 Å². The van der Waals surface area contributed by atoms with Gasteiger partial charge in [0, 0.05) is 18.1 Å². The molecule has 1 aliphatic carbocycles. The van der Waals surface area contributed by atoms with Crippen molar-refractivity contribution in [2.75, 3.05) is 13.1 Å². The first kappa shape index (κ1) is 15.2. The molecule has 0 atom stereocenters. The molecule has 4 heteroatoms. The van der Waals surface area contributed by atoms with Gasteiger partial charge in [-0.1, -0.05) is 43.0 Å². The second-order valence-corrected chi connectivity index (χ2v) is 5.95. The number of amides is 2. The number of benzene rings is 1. The van der Waals surface area contributed by atoms with Crippen molar-refractivity contribution in [2.24, 2.45) is 5.92 Å². The van der Waals surface area contributed by atoms with E-state index in [-0.39, 0.29) is 6.03 Å². The fourth-order valence-corrected chi connectivity index (χ4v) is 2.79. The first-order valence-corrected chi connectivity index (χ1v) is 7.88. The molecular formula is C16H23ClN2O. The van der Waals surface area contributed by atoms with Gasteiger partial charge in [-0.3, -0.25) is 0 Å². The number of carbonyl (C=O) groups excluding carboxylic acids is 1. The van der Waals surface area contributed by atoms with E-state index in [1.807, 2.05) is 24.3 Å². The first-order chi connectivity index (χ1) is 9.74. The summed E-state index contributed by atoms with van der Waals surface area (Å²) in [6.07, 6.45) is 7.31. The normalized spacial score (nSPS) is 15.8. The monoisotopic (exact) mass is 294 g/mol. The molecule has 1 aromatic rings. The van der Waals surface area contributed by atoms with Gasteiger partial charge in [0.15, 0.2) is 0 Å². The minimum absolute atomic E-state index is 0.0514. The number of hydrogen-bond donors (Lipinski definition) is 2. The Hall–Kier alpha value is -1.22. The van der Waals surface area contributed by atoms with Gasteiger partial charge < -0.3 is 10.6 Å². The molecule has 20 heavy (non-hydrogen) atoms. The lowest BCUT2D eigenvalue weighted by molar-refractivity contribution is 0.236. The van der Waals surface area contributed by atoms with Gasteiger partial charge in [0.1, 0.15) is 0 Å². The summed E-state index contributed by atoms with van der Waals surface area (Å²) in [6, 6.07) is 7.68. The number of hydrogen-bond acceptors (Lipinski definition) is 1. The van der Waals surface area contributed by atoms with Crippen LogP contribution in [0, 0.1) is 5.92 Å². The van der Waals surface area contributed by atoms with E-state index >= 15 is 0 Å². The van der Waals surface area contributed by atoms with E-state index in [1.54, 1.807) is 0 Å². The third-order valence-corrected chi connectivity index (χ3v) is 4.14. The van der Waals surface area contributed by atoms with Crippen molar-refractivity contribution in [3.8, 4) is 0 Å². The Labute approximate surface area is 126 Å². The van der Waals surface area contributed by atoms with Crippen LogP contribution >= 0.6 is 11.6 Å².